The predicted octanol–water partition coefficient (Wildman–Crippen LogP) is 2.86. The van der Waals surface area contributed by atoms with E-state index in [1.54, 1.807) is 0 Å². The Morgan fingerprint density at radius 2 is 1.73 bits per heavy atom. The Balaban J connectivity index is 0.00000338. The molecule has 0 aliphatic carbocycles. The third kappa shape index (κ3) is 6.96. The van der Waals surface area contributed by atoms with Gasteiger partial charge in [-0.2, -0.15) is 0 Å². The van der Waals surface area contributed by atoms with Gasteiger partial charge in [-0.1, -0.05) is 45.0 Å². The van der Waals surface area contributed by atoms with Crippen LogP contribution in [0.5, 0.6) is 0 Å². The quantitative estimate of drug-likeness (QED) is 0.793. The van der Waals surface area contributed by atoms with E-state index in [-0.39, 0.29) is 29.6 Å². The SMILES string of the molecule is CC(C)(C)c1ccc(CCNC(=O)CN2CCC(C(=O)O)CC2)cc1.Cl. The molecular formula is C20H31ClN2O3. The van der Waals surface area contributed by atoms with Gasteiger partial charge in [0.2, 0.25) is 5.91 Å². The van der Waals surface area contributed by atoms with Gasteiger partial charge in [-0.15, -0.1) is 12.4 Å². The molecule has 1 heterocycles. The largest absolute Gasteiger partial charge is 0.481 e. The lowest BCUT2D eigenvalue weighted by Gasteiger charge is -2.29. The maximum atomic E-state index is 12.0. The molecule has 5 nitrogen and oxygen atoms in total. The lowest BCUT2D eigenvalue weighted by molar-refractivity contribution is -0.143. The Kier molecular flexibility index (Phi) is 8.57. The number of carboxylic acid groups (broad SMARTS) is 1. The lowest BCUT2D eigenvalue weighted by Crippen LogP contribution is -2.43. The van der Waals surface area contributed by atoms with Crippen molar-refractivity contribution in [2.45, 2.75) is 45.4 Å². The number of rotatable bonds is 6. The van der Waals surface area contributed by atoms with Crippen LogP contribution in [0, 0.1) is 5.92 Å². The van der Waals surface area contributed by atoms with Crippen LogP contribution in [0.4, 0.5) is 0 Å². The number of carboxylic acids is 1. The van der Waals surface area contributed by atoms with E-state index in [4.69, 9.17) is 5.11 Å². The summed E-state index contributed by atoms with van der Waals surface area (Å²) in [7, 11) is 0. The normalized spacial score (nSPS) is 16.0. The van der Waals surface area contributed by atoms with Crippen molar-refractivity contribution in [2.24, 2.45) is 5.92 Å². The zero-order valence-electron chi connectivity index (χ0n) is 16.0. The molecule has 6 heteroatoms. The van der Waals surface area contributed by atoms with Gasteiger partial charge in [0.25, 0.3) is 0 Å². The molecule has 2 N–H and O–H groups in total. The Hall–Kier alpha value is -1.59. The van der Waals surface area contributed by atoms with Crippen molar-refractivity contribution in [3.63, 3.8) is 0 Å². The van der Waals surface area contributed by atoms with Crippen molar-refractivity contribution in [2.75, 3.05) is 26.2 Å². The van der Waals surface area contributed by atoms with Gasteiger partial charge in [0.05, 0.1) is 12.5 Å². The monoisotopic (exact) mass is 382 g/mol. The van der Waals surface area contributed by atoms with Gasteiger partial charge in [-0.25, -0.2) is 0 Å². The summed E-state index contributed by atoms with van der Waals surface area (Å²) in [5.41, 5.74) is 2.68. The highest BCUT2D eigenvalue weighted by Crippen LogP contribution is 2.22. The Morgan fingerprint density at radius 1 is 1.15 bits per heavy atom. The average molecular weight is 383 g/mol. The van der Waals surface area contributed by atoms with Crippen LogP contribution in [0.1, 0.15) is 44.7 Å². The summed E-state index contributed by atoms with van der Waals surface area (Å²) < 4.78 is 0. The van der Waals surface area contributed by atoms with Crippen LogP contribution in [0.25, 0.3) is 0 Å². The van der Waals surface area contributed by atoms with E-state index in [0.29, 0.717) is 39.0 Å². The summed E-state index contributed by atoms with van der Waals surface area (Å²) in [4.78, 5) is 25.0. The standard InChI is InChI=1S/C20H30N2O3.ClH/c1-20(2,3)17-6-4-15(5-7-17)8-11-21-18(23)14-22-12-9-16(10-13-22)19(24)25;/h4-7,16H,8-14H2,1-3H3,(H,21,23)(H,24,25);1H. The van der Waals surface area contributed by atoms with Crippen molar-refractivity contribution < 1.29 is 14.7 Å². The molecule has 0 saturated carbocycles. The van der Waals surface area contributed by atoms with Crippen LogP contribution in [-0.2, 0) is 21.4 Å². The Bertz CT molecular complexity index is 588. The number of carbonyl (C=O) groups is 2. The number of amides is 1. The summed E-state index contributed by atoms with van der Waals surface area (Å²) >= 11 is 0. The third-order valence-electron chi connectivity index (χ3n) is 4.86. The van der Waals surface area contributed by atoms with E-state index in [2.05, 4.69) is 50.4 Å². The molecule has 0 bridgehead atoms. The van der Waals surface area contributed by atoms with Crippen molar-refractivity contribution in [3.05, 3.63) is 35.4 Å². The minimum atomic E-state index is -0.721. The molecule has 0 aromatic heterocycles. The van der Waals surface area contributed by atoms with E-state index >= 15 is 0 Å². The first-order valence-electron chi connectivity index (χ1n) is 9.07. The molecule has 2 rings (SSSR count). The molecule has 1 aliphatic rings. The van der Waals surface area contributed by atoms with Gasteiger partial charge in [0.1, 0.15) is 0 Å². The second-order valence-corrected chi connectivity index (χ2v) is 7.94. The first kappa shape index (κ1) is 22.5. The van der Waals surface area contributed by atoms with E-state index in [0.717, 1.165) is 6.42 Å². The van der Waals surface area contributed by atoms with Gasteiger partial charge >= 0.3 is 5.97 Å². The molecule has 1 saturated heterocycles. The van der Waals surface area contributed by atoms with Crippen molar-refractivity contribution in [1.29, 1.82) is 0 Å². The van der Waals surface area contributed by atoms with Crippen LogP contribution in [0.15, 0.2) is 24.3 Å². The summed E-state index contributed by atoms with van der Waals surface area (Å²) in [5, 5.41) is 12.0. The highest BCUT2D eigenvalue weighted by Gasteiger charge is 2.25. The first-order chi connectivity index (χ1) is 11.8. The van der Waals surface area contributed by atoms with Gasteiger partial charge in [-0.3, -0.25) is 14.5 Å². The van der Waals surface area contributed by atoms with E-state index in [1.165, 1.54) is 11.1 Å². The molecule has 146 valence electrons. The summed E-state index contributed by atoms with van der Waals surface area (Å²) in [6, 6.07) is 8.57. The maximum Gasteiger partial charge on any atom is 0.306 e. The molecule has 1 amide bonds. The Labute approximate surface area is 162 Å². The molecule has 0 unspecified atom stereocenters. The molecule has 0 atom stereocenters. The number of benzene rings is 1. The van der Waals surface area contributed by atoms with Gasteiger partial charge in [0, 0.05) is 6.54 Å². The van der Waals surface area contributed by atoms with Crippen LogP contribution >= 0.6 is 12.4 Å². The fourth-order valence-electron chi connectivity index (χ4n) is 3.11. The molecular weight excluding hydrogens is 352 g/mol. The fourth-order valence-corrected chi connectivity index (χ4v) is 3.11. The number of nitrogens with zero attached hydrogens (tertiary/aromatic N) is 1. The smallest absolute Gasteiger partial charge is 0.306 e. The summed E-state index contributed by atoms with van der Waals surface area (Å²) in [6.07, 6.45) is 2.07. The summed E-state index contributed by atoms with van der Waals surface area (Å²) in [5.74, 6) is -0.961. The van der Waals surface area contributed by atoms with Crippen molar-refractivity contribution in [3.8, 4) is 0 Å². The predicted molar refractivity (Wildman–Crippen MR) is 106 cm³/mol. The zero-order valence-corrected chi connectivity index (χ0v) is 16.8. The van der Waals surface area contributed by atoms with Crippen LogP contribution in [-0.4, -0.2) is 48.1 Å². The topological polar surface area (TPSA) is 69.6 Å². The molecule has 0 spiro atoms. The van der Waals surface area contributed by atoms with Gasteiger partial charge in [-0.05, 0) is 48.9 Å². The highest BCUT2D eigenvalue weighted by molar-refractivity contribution is 5.85. The molecule has 1 aromatic rings. The fraction of sp³-hybridized carbons (Fsp3) is 0.600. The number of hydrogen-bond acceptors (Lipinski definition) is 3. The third-order valence-corrected chi connectivity index (χ3v) is 4.86. The number of likely N-dealkylation sites (tertiary alicyclic amines) is 1. The lowest BCUT2D eigenvalue weighted by atomic mass is 9.86. The number of nitrogens with one attached hydrogen (secondary N) is 1. The molecule has 26 heavy (non-hydrogen) atoms. The molecule has 1 fully saturated rings. The van der Waals surface area contributed by atoms with Crippen molar-refractivity contribution in [1.82, 2.24) is 10.2 Å². The number of carbonyl (C=O) groups excluding carboxylic acids is 1. The van der Waals surface area contributed by atoms with Crippen molar-refractivity contribution >= 4 is 24.3 Å². The second-order valence-electron chi connectivity index (χ2n) is 7.94. The number of hydrogen-bond donors (Lipinski definition) is 2. The number of piperidine rings is 1. The summed E-state index contributed by atoms with van der Waals surface area (Å²) in [6.45, 7) is 8.93. The highest BCUT2D eigenvalue weighted by atomic mass is 35.5. The molecule has 1 aromatic carbocycles. The number of halogens is 1. The minimum absolute atomic E-state index is 0. The molecule has 0 radical (unpaired) electrons. The van der Waals surface area contributed by atoms with Gasteiger partial charge < -0.3 is 10.4 Å². The minimum Gasteiger partial charge on any atom is -0.481 e. The van der Waals surface area contributed by atoms with Crippen LogP contribution in [0.2, 0.25) is 0 Å². The first-order valence-corrected chi connectivity index (χ1v) is 9.07. The molecule has 1 aliphatic heterocycles. The number of aliphatic carboxylic acids is 1. The van der Waals surface area contributed by atoms with E-state index in [9.17, 15) is 9.59 Å². The second kappa shape index (κ2) is 9.93. The van der Waals surface area contributed by atoms with E-state index < -0.39 is 5.97 Å². The Morgan fingerprint density at radius 3 is 2.23 bits per heavy atom. The van der Waals surface area contributed by atoms with Gasteiger partial charge in [0.15, 0.2) is 0 Å². The van der Waals surface area contributed by atoms with E-state index in [1.807, 2.05) is 4.90 Å². The van der Waals surface area contributed by atoms with Crippen LogP contribution in [0.3, 0.4) is 0 Å². The van der Waals surface area contributed by atoms with Crippen LogP contribution < -0.4 is 5.32 Å². The zero-order chi connectivity index (χ0) is 18.4. The maximum absolute atomic E-state index is 12.0. The average Bonchev–Trinajstić information content (AvgIpc) is 2.55.